The second-order valence-corrected chi connectivity index (χ2v) is 8.06. The molecular weight excluding hydrogens is 338 g/mol. The Morgan fingerprint density at radius 3 is 2.56 bits per heavy atom. The molecule has 27 heavy (non-hydrogen) atoms. The molecule has 154 valence electrons. The van der Waals surface area contributed by atoms with Crippen LogP contribution in [0.2, 0.25) is 0 Å². The van der Waals surface area contributed by atoms with E-state index in [1.165, 1.54) is 36.9 Å². The summed E-state index contributed by atoms with van der Waals surface area (Å²) < 4.78 is 7.20. The summed E-state index contributed by atoms with van der Waals surface area (Å²) in [6.07, 6.45) is 5.11. The standard InChI is InChI=1S/C21H39N5O/c1-7-22-21(24-19-10-8-18(9-11-19)15(2)3)23-14-20-16(4)25-26(17(20)5)12-13-27-6/h15,18-19H,7-14H2,1-6H3,(H2,22,23,24). The van der Waals surface area contributed by atoms with E-state index in [1.807, 2.05) is 4.68 Å². The number of nitrogens with one attached hydrogen (secondary N) is 2. The van der Waals surface area contributed by atoms with Gasteiger partial charge >= 0.3 is 0 Å². The van der Waals surface area contributed by atoms with Gasteiger partial charge in [0.25, 0.3) is 0 Å². The molecule has 1 saturated carbocycles. The van der Waals surface area contributed by atoms with Gasteiger partial charge in [-0.3, -0.25) is 4.68 Å². The highest BCUT2D eigenvalue weighted by Crippen LogP contribution is 2.29. The highest BCUT2D eigenvalue weighted by molar-refractivity contribution is 5.80. The number of hydrogen-bond acceptors (Lipinski definition) is 3. The Bertz CT molecular complexity index is 600. The Balaban J connectivity index is 1.98. The zero-order chi connectivity index (χ0) is 19.8. The van der Waals surface area contributed by atoms with Crippen molar-refractivity contribution in [2.75, 3.05) is 20.3 Å². The van der Waals surface area contributed by atoms with Crippen LogP contribution < -0.4 is 10.6 Å². The van der Waals surface area contributed by atoms with Crippen LogP contribution in [0.4, 0.5) is 0 Å². The summed E-state index contributed by atoms with van der Waals surface area (Å²) in [5.74, 6) is 2.60. The third-order valence-electron chi connectivity index (χ3n) is 5.83. The first-order valence-corrected chi connectivity index (χ1v) is 10.5. The third kappa shape index (κ3) is 6.23. The molecular formula is C21H39N5O. The first kappa shape index (κ1) is 21.7. The lowest BCUT2D eigenvalue weighted by Crippen LogP contribution is -2.45. The molecule has 1 aliphatic carbocycles. The van der Waals surface area contributed by atoms with E-state index in [-0.39, 0.29) is 0 Å². The lowest BCUT2D eigenvalue weighted by molar-refractivity contribution is 0.182. The van der Waals surface area contributed by atoms with Crippen LogP contribution in [0.5, 0.6) is 0 Å². The molecule has 0 radical (unpaired) electrons. The van der Waals surface area contributed by atoms with Gasteiger partial charge in [0.1, 0.15) is 0 Å². The van der Waals surface area contributed by atoms with Crippen molar-refractivity contribution in [3.63, 3.8) is 0 Å². The number of aryl methyl sites for hydroxylation is 1. The fourth-order valence-corrected chi connectivity index (χ4v) is 3.96. The van der Waals surface area contributed by atoms with Crippen LogP contribution in [0.15, 0.2) is 4.99 Å². The molecule has 1 heterocycles. The SMILES string of the molecule is CCNC(=NCc1c(C)nn(CCOC)c1C)NC1CCC(C(C)C)CC1. The minimum absolute atomic E-state index is 0.532. The van der Waals surface area contributed by atoms with Crippen molar-refractivity contribution in [2.45, 2.75) is 79.4 Å². The molecule has 2 rings (SSSR count). The van der Waals surface area contributed by atoms with Crippen LogP contribution in [-0.2, 0) is 17.8 Å². The summed E-state index contributed by atoms with van der Waals surface area (Å²) >= 11 is 0. The quantitative estimate of drug-likeness (QED) is 0.538. The normalized spacial score (nSPS) is 20.9. The Labute approximate surface area is 165 Å². The van der Waals surface area contributed by atoms with Gasteiger partial charge in [0.2, 0.25) is 0 Å². The minimum atomic E-state index is 0.532. The lowest BCUT2D eigenvalue weighted by Gasteiger charge is -2.32. The molecule has 0 aromatic carbocycles. The Kier molecular flexibility index (Phi) is 8.61. The molecule has 0 unspecified atom stereocenters. The molecule has 1 fully saturated rings. The molecule has 2 N–H and O–H groups in total. The molecule has 0 amide bonds. The maximum absolute atomic E-state index is 5.18. The van der Waals surface area contributed by atoms with Crippen molar-refractivity contribution in [2.24, 2.45) is 16.8 Å². The molecule has 6 heteroatoms. The highest BCUT2D eigenvalue weighted by Gasteiger charge is 2.23. The molecule has 0 saturated heterocycles. The number of rotatable bonds is 8. The van der Waals surface area contributed by atoms with Crippen molar-refractivity contribution in [3.8, 4) is 0 Å². The zero-order valence-corrected chi connectivity index (χ0v) is 18.1. The number of methoxy groups -OCH3 is 1. The molecule has 1 aromatic rings. The van der Waals surface area contributed by atoms with Crippen LogP contribution in [0.1, 0.15) is 63.4 Å². The predicted molar refractivity (Wildman–Crippen MR) is 112 cm³/mol. The summed E-state index contributed by atoms with van der Waals surface area (Å²) in [5.41, 5.74) is 3.45. The Morgan fingerprint density at radius 2 is 1.96 bits per heavy atom. The van der Waals surface area contributed by atoms with Crippen molar-refractivity contribution >= 4 is 5.96 Å². The van der Waals surface area contributed by atoms with E-state index in [4.69, 9.17) is 9.73 Å². The molecule has 0 aliphatic heterocycles. The number of aliphatic imine (C=N–C) groups is 1. The molecule has 6 nitrogen and oxygen atoms in total. The van der Waals surface area contributed by atoms with Gasteiger partial charge in [-0.1, -0.05) is 13.8 Å². The monoisotopic (exact) mass is 377 g/mol. The van der Waals surface area contributed by atoms with Gasteiger partial charge in [0, 0.05) is 31.0 Å². The third-order valence-corrected chi connectivity index (χ3v) is 5.83. The Morgan fingerprint density at radius 1 is 1.26 bits per heavy atom. The highest BCUT2D eigenvalue weighted by atomic mass is 16.5. The predicted octanol–water partition coefficient (Wildman–Crippen LogP) is 3.42. The van der Waals surface area contributed by atoms with Crippen LogP contribution >= 0.6 is 0 Å². The first-order valence-electron chi connectivity index (χ1n) is 10.5. The number of nitrogens with zero attached hydrogens (tertiary/aromatic N) is 3. The van der Waals surface area contributed by atoms with E-state index in [9.17, 15) is 0 Å². The van der Waals surface area contributed by atoms with E-state index < -0.39 is 0 Å². The molecule has 0 spiro atoms. The molecule has 0 bridgehead atoms. The summed E-state index contributed by atoms with van der Waals surface area (Å²) in [4.78, 5) is 4.86. The van der Waals surface area contributed by atoms with E-state index in [0.717, 1.165) is 36.6 Å². The van der Waals surface area contributed by atoms with E-state index in [2.05, 4.69) is 50.4 Å². The lowest BCUT2D eigenvalue weighted by atomic mass is 9.80. The molecule has 1 aromatic heterocycles. The topological polar surface area (TPSA) is 63.5 Å². The van der Waals surface area contributed by atoms with Crippen molar-refractivity contribution in [1.82, 2.24) is 20.4 Å². The van der Waals surface area contributed by atoms with Crippen molar-refractivity contribution < 1.29 is 4.74 Å². The summed E-state index contributed by atoms with van der Waals surface area (Å²) in [5, 5.41) is 11.7. The van der Waals surface area contributed by atoms with E-state index in [1.54, 1.807) is 7.11 Å². The summed E-state index contributed by atoms with van der Waals surface area (Å²) in [7, 11) is 1.72. The number of hydrogen-bond donors (Lipinski definition) is 2. The van der Waals surface area contributed by atoms with Gasteiger partial charge < -0.3 is 15.4 Å². The zero-order valence-electron chi connectivity index (χ0n) is 18.1. The largest absolute Gasteiger partial charge is 0.383 e. The van der Waals surface area contributed by atoms with Gasteiger partial charge in [-0.05, 0) is 58.3 Å². The van der Waals surface area contributed by atoms with Gasteiger partial charge in [-0.15, -0.1) is 0 Å². The second kappa shape index (κ2) is 10.7. The van der Waals surface area contributed by atoms with Crippen LogP contribution in [0.3, 0.4) is 0 Å². The number of aromatic nitrogens is 2. The maximum Gasteiger partial charge on any atom is 0.191 e. The van der Waals surface area contributed by atoms with Gasteiger partial charge in [-0.2, -0.15) is 5.10 Å². The molecule has 0 atom stereocenters. The van der Waals surface area contributed by atoms with Crippen molar-refractivity contribution in [3.05, 3.63) is 17.0 Å². The van der Waals surface area contributed by atoms with Crippen LogP contribution in [-0.4, -0.2) is 42.0 Å². The number of guanidine groups is 1. The van der Waals surface area contributed by atoms with Crippen LogP contribution in [0, 0.1) is 25.7 Å². The van der Waals surface area contributed by atoms with E-state index in [0.29, 0.717) is 19.2 Å². The smallest absolute Gasteiger partial charge is 0.191 e. The van der Waals surface area contributed by atoms with Gasteiger partial charge in [0.15, 0.2) is 5.96 Å². The summed E-state index contributed by atoms with van der Waals surface area (Å²) in [6.45, 7) is 14.0. The van der Waals surface area contributed by atoms with Crippen molar-refractivity contribution in [1.29, 1.82) is 0 Å². The summed E-state index contributed by atoms with van der Waals surface area (Å²) in [6, 6.07) is 0.532. The second-order valence-electron chi connectivity index (χ2n) is 8.06. The van der Waals surface area contributed by atoms with Gasteiger partial charge in [-0.25, -0.2) is 4.99 Å². The minimum Gasteiger partial charge on any atom is -0.383 e. The fourth-order valence-electron chi connectivity index (χ4n) is 3.96. The fraction of sp³-hybridized carbons (Fsp3) is 0.810. The molecule has 1 aliphatic rings. The number of ether oxygens (including phenoxy) is 1. The average molecular weight is 378 g/mol. The maximum atomic E-state index is 5.18. The first-order chi connectivity index (χ1) is 13.0. The average Bonchev–Trinajstić information content (AvgIpc) is 2.92. The Hall–Kier alpha value is -1.56. The van der Waals surface area contributed by atoms with Crippen LogP contribution in [0.25, 0.3) is 0 Å². The van der Waals surface area contributed by atoms with E-state index >= 15 is 0 Å². The van der Waals surface area contributed by atoms with Gasteiger partial charge in [0.05, 0.1) is 25.4 Å².